The fourth-order valence-electron chi connectivity index (χ4n) is 5.65. The van der Waals surface area contributed by atoms with Crippen molar-refractivity contribution in [3.63, 3.8) is 0 Å². The van der Waals surface area contributed by atoms with Crippen molar-refractivity contribution in [2.75, 3.05) is 18.6 Å². The molecular weight excluding hydrogens is 639 g/mol. The Hall–Kier alpha value is -4.87. The van der Waals surface area contributed by atoms with Gasteiger partial charge in [-0.3, -0.25) is 14.5 Å². The van der Waals surface area contributed by atoms with Crippen LogP contribution in [0.1, 0.15) is 29.3 Å². The Balaban J connectivity index is 1.43. The zero-order valence-corrected chi connectivity index (χ0v) is 25.9. The van der Waals surface area contributed by atoms with Crippen LogP contribution in [0.3, 0.4) is 0 Å². The van der Waals surface area contributed by atoms with Crippen LogP contribution in [0.4, 0.5) is 10.3 Å². The van der Waals surface area contributed by atoms with E-state index >= 15 is 0 Å². The average molecular weight is 664 g/mol. The Bertz CT molecular complexity index is 1770. The minimum Gasteiger partial charge on any atom is -0.477 e. The number of β-lactam (4-membered cyclic amide) rings is 1. The van der Waals surface area contributed by atoms with Gasteiger partial charge >= 0.3 is 5.97 Å². The zero-order valence-electron chi connectivity index (χ0n) is 23.4. The lowest BCUT2D eigenvalue weighted by Gasteiger charge is -2.53. The summed E-state index contributed by atoms with van der Waals surface area (Å²) >= 11 is 3.13. The molecule has 17 heteroatoms. The molecule has 0 spiro atoms. The molecular formula is C28H25N9O5S3. The number of hydrogen-bond donors (Lipinski definition) is 4. The molecule has 2 amide bonds. The molecule has 0 aliphatic carbocycles. The van der Waals surface area contributed by atoms with E-state index in [0.717, 1.165) is 45.8 Å². The number of aromatic nitrogens is 4. The molecule has 0 radical (unpaired) electrons. The lowest BCUT2D eigenvalue weighted by atomic mass is 9.72. The third-order valence-electron chi connectivity index (χ3n) is 7.41. The second kappa shape index (κ2) is 12.6. The van der Waals surface area contributed by atoms with Gasteiger partial charge in [0.15, 0.2) is 9.47 Å². The van der Waals surface area contributed by atoms with Crippen molar-refractivity contribution in [3.05, 3.63) is 88.2 Å². The lowest BCUT2D eigenvalue weighted by molar-refractivity contribution is -0.156. The number of aliphatic carboxylic acids is 1. The maximum absolute atomic E-state index is 13.6. The molecule has 2 aliphatic heterocycles. The highest BCUT2D eigenvalue weighted by Crippen LogP contribution is 2.52. The number of nitrogens with zero attached hydrogens (tertiary/aromatic N) is 6. The van der Waals surface area contributed by atoms with Gasteiger partial charge in [0, 0.05) is 28.3 Å². The van der Waals surface area contributed by atoms with Crippen LogP contribution >= 0.6 is 34.6 Å². The summed E-state index contributed by atoms with van der Waals surface area (Å²) in [6.45, 7) is 0. The monoisotopic (exact) mass is 663 g/mol. The number of benzene rings is 2. The third-order valence-corrected chi connectivity index (χ3v) is 9.97. The largest absolute Gasteiger partial charge is 0.477 e. The number of rotatable bonds is 10. The number of carboxylic acids is 1. The number of fused-ring (bicyclic) bond motifs is 1. The topological polar surface area (TPSA) is 212 Å². The molecule has 0 saturated carbocycles. The number of nitrogen functional groups attached to an aromatic ring is 2. The number of thioether (sulfide) groups is 1. The molecule has 6 N–H and O–H groups in total. The van der Waals surface area contributed by atoms with Gasteiger partial charge in [-0.15, -0.1) is 10.2 Å². The molecule has 4 aromatic rings. The quantitative estimate of drug-likeness (QED) is 0.110. The highest BCUT2D eigenvalue weighted by Gasteiger charge is 2.57. The van der Waals surface area contributed by atoms with Gasteiger partial charge in [0.1, 0.15) is 18.8 Å². The molecule has 2 aliphatic rings. The van der Waals surface area contributed by atoms with E-state index in [2.05, 4.69) is 30.0 Å². The van der Waals surface area contributed by atoms with E-state index in [1.165, 1.54) is 12.0 Å². The van der Waals surface area contributed by atoms with Crippen molar-refractivity contribution < 1.29 is 24.3 Å². The predicted molar refractivity (Wildman–Crippen MR) is 168 cm³/mol. The molecule has 45 heavy (non-hydrogen) atoms. The fourth-order valence-corrected chi connectivity index (χ4v) is 8.06. The summed E-state index contributed by atoms with van der Waals surface area (Å²) in [5, 5.41) is 25.4. The van der Waals surface area contributed by atoms with Crippen LogP contribution in [0.2, 0.25) is 0 Å². The third kappa shape index (κ3) is 5.84. The Kier molecular flexibility index (Phi) is 8.46. The first kappa shape index (κ1) is 30.2. The minimum absolute atomic E-state index is 0.0589. The highest BCUT2D eigenvalue weighted by molar-refractivity contribution is 8.04. The van der Waals surface area contributed by atoms with Crippen molar-refractivity contribution in [1.29, 1.82) is 0 Å². The van der Waals surface area contributed by atoms with E-state index in [-0.39, 0.29) is 33.4 Å². The van der Waals surface area contributed by atoms with E-state index in [4.69, 9.17) is 16.3 Å². The number of allylic oxidation sites excluding steroid dienone is 1. The Morgan fingerprint density at radius 2 is 1.76 bits per heavy atom. The number of hydrogen-bond acceptors (Lipinski definition) is 14. The van der Waals surface area contributed by atoms with Crippen LogP contribution in [0, 0.1) is 5.92 Å². The molecule has 1 unspecified atom stereocenters. The van der Waals surface area contributed by atoms with Crippen LogP contribution in [0.15, 0.2) is 80.8 Å². The summed E-state index contributed by atoms with van der Waals surface area (Å²) in [6, 6.07) is 17.7. The fraction of sp³-hybridized carbons (Fsp3) is 0.214. The molecule has 2 aromatic heterocycles. The molecule has 1 fully saturated rings. The first-order chi connectivity index (χ1) is 21.8. The van der Waals surface area contributed by atoms with E-state index in [0.29, 0.717) is 15.7 Å². The van der Waals surface area contributed by atoms with Crippen LogP contribution in [-0.2, 0) is 19.2 Å². The second-order valence-electron chi connectivity index (χ2n) is 9.97. The Morgan fingerprint density at radius 3 is 2.29 bits per heavy atom. The smallest absolute Gasteiger partial charge is 0.353 e. The van der Waals surface area contributed by atoms with Gasteiger partial charge in [0.2, 0.25) is 16.7 Å². The molecule has 4 heterocycles. The van der Waals surface area contributed by atoms with Crippen LogP contribution in [0.5, 0.6) is 0 Å². The number of oxime groups is 1. The normalized spacial score (nSPS) is 19.7. The molecule has 0 bridgehead atoms. The van der Waals surface area contributed by atoms with Crippen molar-refractivity contribution in [2.45, 2.75) is 28.8 Å². The number of carbonyl (C=O) groups is 3. The first-order valence-corrected chi connectivity index (χ1v) is 15.9. The zero-order chi connectivity index (χ0) is 31.7. The molecule has 3 atom stereocenters. The molecule has 1 saturated heterocycles. The van der Waals surface area contributed by atoms with Crippen molar-refractivity contribution in [3.8, 4) is 0 Å². The van der Waals surface area contributed by atoms with Crippen LogP contribution < -0.4 is 16.8 Å². The summed E-state index contributed by atoms with van der Waals surface area (Å²) in [5.74, 6) is -3.45. The van der Waals surface area contributed by atoms with Gasteiger partial charge in [-0.25, -0.2) is 4.79 Å². The summed E-state index contributed by atoms with van der Waals surface area (Å²) in [7, 11) is 1.26. The average Bonchev–Trinajstić information content (AvgIpc) is 3.67. The van der Waals surface area contributed by atoms with Gasteiger partial charge in [0.25, 0.3) is 11.8 Å². The summed E-state index contributed by atoms with van der Waals surface area (Å²) in [4.78, 5) is 50.5. The van der Waals surface area contributed by atoms with Crippen molar-refractivity contribution in [2.24, 2.45) is 11.1 Å². The first-order valence-electron chi connectivity index (χ1n) is 13.5. The summed E-state index contributed by atoms with van der Waals surface area (Å²) in [5.41, 5.74) is 13.0. The van der Waals surface area contributed by atoms with Gasteiger partial charge in [-0.1, -0.05) is 88.9 Å². The number of amides is 2. The highest BCUT2D eigenvalue weighted by atomic mass is 32.2. The molecule has 230 valence electrons. The number of carboxylic acid groups (broad SMARTS) is 1. The number of anilines is 2. The Morgan fingerprint density at radius 1 is 1.09 bits per heavy atom. The van der Waals surface area contributed by atoms with Gasteiger partial charge in [-0.05, 0) is 17.5 Å². The van der Waals surface area contributed by atoms with Crippen molar-refractivity contribution >= 4 is 68.4 Å². The SMILES string of the molecule is CON=C(C(=O)N[C@@H]1C(=O)N2C(C(=O)O)=C(Sc3nnc(N)s3)C(C(c3ccccc3)c3ccccc3)C[C@H]12)c1nsc(N)n1. The number of nitrogens with two attached hydrogens (primary N) is 2. The Labute approximate surface area is 268 Å². The predicted octanol–water partition coefficient (Wildman–Crippen LogP) is 2.54. The molecule has 14 nitrogen and oxygen atoms in total. The maximum Gasteiger partial charge on any atom is 0.353 e. The van der Waals surface area contributed by atoms with Gasteiger partial charge in [0.05, 0.1) is 6.04 Å². The standard InChI is InChI=1S/C28H25N9O5S3/c1-42-35-19(22-32-26(29)45-36-22)23(38)31-18-16-12-15(17(13-8-4-2-5-9-13)14-10-6-3-7-11-14)21(43-28-34-33-27(30)44-28)20(25(40)41)37(16)24(18)39/h2-11,15-18H,12H2,1H3,(H2,30,33)(H,31,38)(H,40,41)(H2,29,32,36)/t15?,16-,18+/m1/s1. The molecule has 2 aromatic carbocycles. The summed E-state index contributed by atoms with van der Waals surface area (Å²) in [6.07, 6.45) is 0.317. The number of nitrogens with one attached hydrogen (secondary N) is 1. The van der Waals surface area contributed by atoms with E-state index in [1.807, 2.05) is 60.7 Å². The number of carbonyl (C=O) groups excluding carboxylic acids is 2. The van der Waals surface area contributed by atoms with E-state index in [1.54, 1.807) is 0 Å². The van der Waals surface area contributed by atoms with Gasteiger partial charge in [-0.2, -0.15) is 9.36 Å². The van der Waals surface area contributed by atoms with E-state index < -0.39 is 35.8 Å². The van der Waals surface area contributed by atoms with Crippen molar-refractivity contribution in [1.82, 2.24) is 29.8 Å². The maximum atomic E-state index is 13.6. The molecule has 6 rings (SSSR count). The lowest BCUT2D eigenvalue weighted by Crippen LogP contribution is -2.73. The minimum atomic E-state index is -1.29. The summed E-state index contributed by atoms with van der Waals surface area (Å²) < 4.78 is 4.47. The van der Waals surface area contributed by atoms with Crippen LogP contribution in [-0.4, -0.2) is 72.3 Å². The van der Waals surface area contributed by atoms with Crippen LogP contribution in [0.25, 0.3) is 0 Å². The van der Waals surface area contributed by atoms with E-state index in [9.17, 15) is 19.5 Å². The van der Waals surface area contributed by atoms with Gasteiger partial charge < -0.3 is 26.7 Å². The second-order valence-corrected chi connectivity index (χ2v) is 13.1.